The maximum absolute atomic E-state index is 12.8. The number of rotatable bonds is 3. The molecule has 0 N–H and O–H groups in total. The zero-order chi connectivity index (χ0) is 14.3. The minimum atomic E-state index is -3.49. The Morgan fingerprint density at radius 1 is 1.35 bits per heavy atom. The highest BCUT2D eigenvalue weighted by molar-refractivity contribution is 7.89. The second-order valence-corrected chi connectivity index (χ2v) is 7.32. The number of sulfonamides is 1. The summed E-state index contributed by atoms with van der Waals surface area (Å²) in [5, 5.41) is 0. The second kappa shape index (κ2) is 5.11. The monoisotopic (exact) mass is 297 g/mol. The van der Waals surface area contributed by atoms with Crippen LogP contribution >= 0.6 is 0 Å². The van der Waals surface area contributed by atoms with Crippen molar-refractivity contribution in [1.82, 2.24) is 4.31 Å². The lowest BCUT2D eigenvalue weighted by Gasteiger charge is -2.22. The van der Waals surface area contributed by atoms with Gasteiger partial charge in [-0.25, -0.2) is 8.42 Å². The molecule has 3 rings (SSSR count). The molecule has 0 bridgehead atoms. The Labute approximate surface area is 119 Å². The number of ether oxygens (including phenoxy) is 2. The molecule has 6 heteroatoms. The van der Waals surface area contributed by atoms with Crippen LogP contribution in [-0.2, 0) is 19.5 Å². The van der Waals surface area contributed by atoms with E-state index < -0.39 is 10.0 Å². The summed E-state index contributed by atoms with van der Waals surface area (Å²) in [4.78, 5) is 0.347. The van der Waals surface area contributed by atoms with E-state index >= 15 is 0 Å². The lowest BCUT2D eigenvalue weighted by molar-refractivity contribution is 0.0599. The third-order valence-corrected chi connectivity index (χ3v) is 6.09. The van der Waals surface area contributed by atoms with Crippen LogP contribution in [0.25, 0.3) is 0 Å². The topological polar surface area (TPSA) is 55.8 Å². The van der Waals surface area contributed by atoms with Crippen LogP contribution in [0.1, 0.15) is 5.56 Å². The molecule has 1 aromatic carbocycles. The van der Waals surface area contributed by atoms with E-state index in [4.69, 9.17) is 9.47 Å². The normalized spacial score (nSPS) is 30.6. The molecule has 1 aromatic rings. The molecule has 2 saturated heterocycles. The van der Waals surface area contributed by atoms with E-state index in [-0.39, 0.29) is 18.1 Å². The zero-order valence-electron chi connectivity index (χ0n) is 11.7. The van der Waals surface area contributed by atoms with Crippen LogP contribution < -0.4 is 0 Å². The summed E-state index contributed by atoms with van der Waals surface area (Å²) in [7, 11) is -1.86. The zero-order valence-corrected chi connectivity index (χ0v) is 12.5. The van der Waals surface area contributed by atoms with E-state index in [9.17, 15) is 8.42 Å². The molecule has 2 aliphatic rings. The Morgan fingerprint density at radius 3 is 2.85 bits per heavy atom. The molecular weight excluding hydrogens is 278 g/mol. The van der Waals surface area contributed by atoms with Crippen molar-refractivity contribution < 1.29 is 17.9 Å². The van der Waals surface area contributed by atoms with Gasteiger partial charge in [-0.1, -0.05) is 12.1 Å². The number of hydrogen-bond acceptors (Lipinski definition) is 4. The molecule has 0 amide bonds. The molecule has 2 aliphatic heterocycles. The predicted octanol–water partition coefficient (Wildman–Crippen LogP) is 1.03. The largest absolute Gasteiger partial charge is 0.380 e. The Kier molecular flexibility index (Phi) is 3.58. The minimum absolute atomic E-state index is 0.0814. The first-order valence-electron chi connectivity index (χ1n) is 6.73. The van der Waals surface area contributed by atoms with Crippen LogP contribution in [0.4, 0.5) is 0 Å². The molecule has 0 radical (unpaired) electrons. The van der Waals surface area contributed by atoms with E-state index in [1.165, 1.54) is 0 Å². The van der Waals surface area contributed by atoms with Crippen molar-refractivity contribution >= 4 is 10.0 Å². The molecule has 0 aliphatic carbocycles. The highest BCUT2D eigenvalue weighted by Gasteiger charge is 2.50. The van der Waals surface area contributed by atoms with Gasteiger partial charge in [0.1, 0.15) is 0 Å². The van der Waals surface area contributed by atoms with Crippen molar-refractivity contribution in [2.75, 3.05) is 26.9 Å². The van der Waals surface area contributed by atoms with Gasteiger partial charge in [-0.2, -0.15) is 4.31 Å². The van der Waals surface area contributed by atoms with E-state index in [1.54, 1.807) is 29.6 Å². The maximum Gasteiger partial charge on any atom is 0.243 e. The van der Waals surface area contributed by atoms with Crippen molar-refractivity contribution in [2.45, 2.75) is 24.0 Å². The fourth-order valence-corrected chi connectivity index (χ4v) is 4.87. The predicted molar refractivity (Wildman–Crippen MR) is 74.0 cm³/mol. The van der Waals surface area contributed by atoms with Crippen LogP contribution in [0.15, 0.2) is 29.2 Å². The van der Waals surface area contributed by atoms with Crippen molar-refractivity contribution in [1.29, 1.82) is 0 Å². The highest BCUT2D eigenvalue weighted by atomic mass is 32.2. The lowest BCUT2D eigenvalue weighted by Crippen LogP contribution is -2.38. The molecule has 0 unspecified atom stereocenters. The van der Waals surface area contributed by atoms with Gasteiger partial charge >= 0.3 is 0 Å². The summed E-state index contributed by atoms with van der Waals surface area (Å²) in [5.41, 5.74) is 0.938. The number of benzene rings is 1. The summed E-state index contributed by atoms with van der Waals surface area (Å²) in [5.74, 6) is 0.139. The lowest BCUT2D eigenvalue weighted by atomic mass is 10.0. The molecule has 3 atom stereocenters. The first kappa shape index (κ1) is 14.0. The number of aryl methyl sites for hydroxylation is 1. The summed E-state index contributed by atoms with van der Waals surface area (Å²) >= 11 is 0. The summed E-state index contributed by atoms with van der Waals surface area (Å²) in [6, 6.07) is 6.91. The molecule has 20 heavy (non-hydrogen) atoms. The Hall–Kier alpha value is -0.950. The van der Waals surface area contributed by atoms with Crippen LogP contribution in [0.3, 0.4) is 0 Å². The molecule has 2 fully saturated rings. The fraction of sp³-hybridized carbons (Fsp3) is 0.571. The Bertz CT molecular complexity index is 601. The van der Waals surface area contributed by atoms with Crippen LogP contribution in [0.5, 0.6) is 0 Å². The molecule has 0 saturated carbocycles. The fourth-order valence-electron chi connectivity index (χ4n) is 3.10. The average molecular weight is 297 g/mol. The van der Waals surface area contributed by atoms with Crippen LogP contribution in [-0.4, -0.2) is 51.7 Å². The van der Waals surface area contributed by atoms with Crippen LogP contribution in [0.2, 0.25) is 0 Å². The Balaban J connectivity index is 1.95. The Morgan fingerprint density at radius 2 is 2.15 bits per heavy atom. The molecule has 110 valence electrons. The average Bonchev–Trinajstić information content (AvgIpc) is 2.99. The smallest absolute Gasteiger partial charge is 0.243 e. The number of hydrogen-bond donors (Lipinski definition) is 0. The van der Waals surface area contributed by atoms with Crippen molar-refractivity contribution in [3.63, 3.8) is 0 Å². The van der Waals surface area contributed by atoms with Gasteiger partial charge in [0.15, 0.2) is 0 Å². The quantitative estimate of drug-likeness (QED) is 0.836. The minimum Gasteiger partial charge on any atom is -0.380 e. The first-order chi connectivity index (χ1) is 9.54. The maximum atomic E-state index is 12.8. The summed E-state index contributed by atoms with van der Waals surface area (Å²) in [6.07, 6.45) is -0.0814. The molecule has 2 heterocycles. The molecule has 0 spiro atoms. The third-order valence-electron chi connectivity index (χ3n) is 4.20. The van der Waals surface area contributed by atoms with Gasteiger partial charge in [-0.15, -0.1) is 0 Å². The van der Waals surface area contributed by atoms with Crippen LogP contribution in [0, 0.1) is 12.8 Å². The van der Waals surface area contributed by atoms with E-state index in [0.29, 0.717) is 24.7 Å². The molecule has 0 aromatic heterocycles. The van der Waals surface area contributed by atoms with Gasteiger partial charge in [-0.05, 0) is 24.6 Å². The number of nitrogens with zero attached hydrogens (tertiary/aromatic N) is 1. The number of methoxy groups -OCH3 is 1. The SMILES string of the molecule is CO[C@H]1CN(S(=O)(=O)c2cccc(C)c2)[C@@H]2COC[C@H]12. The van der Waals surface area contributed by atoms with Gasteiger partial charge in [0.05, 0.1) is 30.3 Å². The van der Waals surface area contributed by atoms with Gasteiger partial charge in [0, 0.05) is 19.6 Å². The summed E-state index contributed by atoms with van der Waals surface area (Å²) < 4.78 is 38.0. The standard InChI is InChI=1S/C14H19NO4S/c1-10-4-3-5-11(6-10)20(16,17)15-7-14(18-2)12-8-19-9-13(12)15/h3-6,12-14H,7-9H2,1-2H3/t12-,13+,14-/m0/s1. The second-order valence-electron chi connectivity index (χ2n) is 5.43. The number of fused-ring (bicyclic) bond motifs is 1. The van der Waals surface area contributed by atoms with E-state index in [0.717, 1.165) is 5.56 Å². The van der Waals surface area contributed by atoms with Gasteiger partial charge < -0.3 is 9.47 Å². The first-order valence-corrected chi connectivity index (χ1v) is 8.17. The third kappa shape index (κ3) is 2.16. The van der Waals surface area contributed by atoms with Crippen molar-refractivity contribution in [3.05, 3.63) is 29.8 Å². The highest BCUT2D eigenvalue weighted by Crippen LogP contribution is 2.35. The molecule has 5 nitrogen and oxygen atoms in total. The van der Waals surface area contributed by atoms with Gasteiger partial charge in [0.2, 0.25) is 10.0 Å². The molecular formula is C14H19NO4S. The summed E-state index contributed by atoms with van der Waals surface area (Å²) in [6.45, 7) is 3.33. The van der Waals surface area contributed by atoms with E-state index in [1.807, 2.05) is 13.0 Å². The van der Waals surface area contributed by atoms with Crippen molar-refractivity contribution in [2.24, 2.45) is 5.92 Å². The van der Waals surface area contributed by atoms with Gasteiger partial charge in [-0.3, -0.25) is 0 Å². The van der Waals surface area contributed by atoms with Gasteiger partial charge in [0.25, 0.3) is 0 Å². The van der Waals surface area contributed by atoms with E-state index in [2.05, 4.69) is 0 Å². The van der Waals surface area contributed by atoms with Crippen molar-refractivity contribution in [3.8, 4) is 0 Å².